The third kappa shape index (κ3) is 3.23. The van der Waals surface area contributed by atoms with Gasteiger partial charge in [-0.15, -0.1) is 0 Å². The van der Waals surface area contributed by atoms with Crippen molar-refractivity contribution in [1.29, 1.82) is 0 Å². The fourth-order valence-electron chi connectivity index (χ4n) is 0.830. The van der Waals surface area contributed by atoms with Crippen LogP contribution < -0.4 is 0 Å². The molecule has 0 aromatic carbocycles. The number of aliphatic carboxylic acids is 1. The molecule has 0 saturated carbocycles. The first-order valence-corrected chi connectivity index (χ1v) is 4.03. The summed E-state index contributed by atoms with van der Waals surface area (Å²) in [5.74, 6) is -0.837. The second kappa shape index (κ2) is 5.41. The van der Waals surface area contributed by atoms with Crippen molar-refractivity contribution in [3.05, 3.63) is 24.0 Å². The number of carboxylic acid groups (broad SMARTS) is 1. The Balaban J connectivity index is 0.000000561. The number of carbonyl (C=O) groups is 1. The van der Waals surface area contributed by atoms with E-state index in [0.717, 1.165) is 0 Å². The van der Waals surface area contributed by atoms with Crippen LogP contribution in [0.1, 0.15) is 20.3 Å². The first kappa shape index (κ1) is 10.8. The number of nitrogens with zero attached hydrogens (tertiary/aromatic N) is 1. The third-order valence-corrected chi connectivity index (χ3v) is 1.31. The van der Waals surface area contributed by atoms with Crippen molar-refractivity contribution < 1.29 is 9.90 Å². The molecule has 0 fully saturated rings. The van der Waals surface area contributed by atoms with Gasteiger partial charge in [0.1, 0.15) is 0 Å². The van der Waals surface area contributed by atoms with Crippen molar-refractivity contribution in [3.8, 4) is 0 Å². The van der Waals surface area contributed by atoms with Gasteiger partial charge in [-0.2, -0.15) is 0 Å². The second-order valence-electron chi connectivity index (χ2n) is 2.21. The lowest BCUT2D eigenvalue weighted by Crippen LogP contribution is -2.11. The van der Waals surface area contributed by atoms with Gasteiger partial charge in [-0.25, -0.2) is 4.79 Å². The smallest absolute Gasteiger partial charge is 0.333 e. The van der Waals surface area contributed by atoms with Crippen LogP contribution in [0.2, 0.25) is 0 Å². The summed E-state index contributed by atoms with van der Waals surface area (Å²) in [5.41, 5.74) is 0.435. The van der Waals surface area contributed by atoms with Crippen molar-refractivity contribution in [2.24, 2.45) is 0 Å². The Kier molecular flexibility index (Phi) is 4.84. The van der Waals surface area contributed by atoms with Crippen LogP contribution in [0.25, 0.3) is 0 Å². The minimum absolute atomic E-state index is 0.435. The Labute approximate surface area is 73.0 Å². The summed E-state index contributed by atoms with van der Waals surface area (Å²) in [6.07, 6.45) is 5.80. The van der Waals surface area contributed by atoms with Gasteiger partial charge >= 0.3 is 5.97 Å². The van der Waals surface area contributed by atoms with E-state index < -0.39 is 5.97 Å². The zero-order chi connectivity index (χ0) is 9.56. The maximum absolute atomic E-state index is 10.4. The zero-order valence-corrected chi connectivity index (χ0v) is 7.74. The molecule has 0 radical (unpaired) electrons. The summed E-state index contributed by atoms with van der Waals surface area (Å²) >= 11 is 0. The highest BCUT2D eigenvalue weighted by Gasteiger charge is 2.08. The van der Waals surface area contributed by atoms with Gasteiger partial charge in [-0.05, 0) is 6.20 Å². The molecule has 0 atom stereocenters. The van der Waals surface area contributed by atoms with E-state index in [0.29, 0.717) is 12.0 Å². The van der Waals surface area contributed by atoms with E-state index in [1.54, 1.807) is 18.1 Å². The number of hydrogen-bond donors (Lipinski definition) is 1. The molecular weight excluding hydrogens is 154 g/mol. The first-order chi connectivity index (χ1) is 5.70. The topological polar surface area (TPSA) is 40.5 Å². The van der Waals surface area contributed by atoms with Crippen molar-refractivity contribution >= 4 is 5.97 Å². The number of rotatable bonds is 1. The number of hydrogen-bond acceptors (Lipinski definition) is 2. The van der Waals surface area contributed by atoms with E-state index >= 15 is 0 Å². The van der Waals surface area contributed by atoms with Gasteiger partial charge in [0.15, 0.2) is 0 Å². The van der Waals surface area contributed by atoms with Crippen LogP contribution in [0.15, 0.2) is 24.0 Å². The minimum Gasteiger partial charge on any atom is -0.478 e. The SMILES string of the molecule is CC.CN1C=CCC(C(=O)O)=C1. The quantitative estimate of drug-likeness (QED) is 0.651. The molecule has 68 valence electrons. The average molecular weight is 169 g/mol. The molecule has 1 rings (SSSR count). The molecule has 0 unspecified atom stereocenters. The van der Waals surface area contributed by atoms with Crippen LogP contribution in [0.5, 0.6) is 0 Å². The number of carboxylic acids is 1. The minimum atomic E-state index is -0.837. The molecule has 1 aliphatic rings. The van der Waals surface area contributed by atoms with Gasteiger partial charge < -0.3 is 10.0 Å². The van der Waals surface area contributed by atoms with Crippen LogP contribution in [0.4, 0.5) is 0 Å². The summed E-state index contributed by atoms with van der Waals surface area (Å²) in [6, 6.07) is 0. The Hall–Kier alpha value is -1.25. The van der Waals surface area contributed by atoms with Gasteiger partial charge in [0.25, 0.3) is 0 Å². The Morgan fingerprint density at radius 3 is 2.50 bits per heavy atom. The highest BCUT2D eigenvalue weighted by atomic mass is 16.4. The van der Waals surface area contributed by atoms with Gasteiger partial charge in [-0.1, -0.05) is 19.9 Å². The number of allylic oxidation sites excluding steroid dienone is 1. The van der Waals surface area contributed by atoms with E-state index in [1.807, 2.05) is 26.1 Å². The van der Waals surface area contributed by atoms with Crippen molar-refractivity contribution in [3.63, 3.8) is 0 Å². The zero-order valence-electron chi connectivity index (χ0n) is 7.74. The van der Waals surface area contributed by atoms with E-state index in [2.05, 4.69) is 0 Å². The molecule has 1 heterocycles. The van der Waals surface area contributed by atoms with E-state index in [4.69, 9.17) is 5.11 Å². The van der Waals surface area contributed by atoms with Crippen LogP contribution >= 0.6 is 0 Å². The van der Waals surface area contributed by atoms with Crippen molar-refractivity contribution in [2.45, 2.75) is 20.3 Å². The van der Waals surface area contributed by atoms with Crippen LogP contribution in [0.3, 0.4) is 0 Å². The largest absolute Gasteiger partial charge is 0.478 e. The van der Waals surface area contributed by atoms with Crippen LogP contribution in [-0.2, 0) is 4.79 Å². The van der Waals surface area contributed by atoms with E-state index in [-0.39, 0.29) is 0 Å². The molecule has 0 aromatic rings. The van der Waals surface area contributed by atoms with Gasteiger partial charge in [0, 0.05) is 19.7 Å². The average Bonchev–Trinajstić information content (AvgIpc) is 2.08. The standard InChI is InChI=1S/C7H9NO2.C2H6/c1-8-4-2-3-6(5-8)7(9)10;1-2/h2,4-5H,3H2,1H3,(H,9,10);1-2H3. The summed E-state index contributed by atoms with van der Waals surface area (Å²) in [5, 5.41) is 8.53. The Morgan fingerprint density at radius 1 is 1.58 bits per heavy atom. The highest BCUT2D eigenvalue weighted by molar-refractivity contribution is 5.86. The van der Waals surface area contributed by atoms with Gasteiger partial charge in [0.05, 0.1) is 5.57 Å². The van der Waals surface area contributed by atoms with Crippen LogP contribution in [0, 0.1) is 0 Å². The molecule has 0 spiro atoms. The Bertz CT molecular complexity index is 207. The maximum atomic E-state index is 10.4. The molecule has 0 bridgehead atoms. The highest BCUT2D eigenvalue weighted by Crippen LogP contribution is 2.09. The molecule has 0 saturated heterocycles. The Morgan fingerprint density at radius 2 is 2.17 bits per heavy atom. The normalized spacial score (nSPS) is 14.6. The van der Waals surface area contributed by atoms with Crippen molar-refractivity contribution in [2.75, 3.05) is 7.05 Å². The molecule has 1 N–H and O–H groups in total. The monoisotopic (exact) mass is 169 g/mol. The van der Waals surface area contributed by atoms with E-state index in [1.165, 1.54) is 0 Å². The molecule has 0 aliphatic carbocycles. The van der Waals surface area contributed by atoms with Crippen LogP contribution in [-0.4, -0.2) is 23.0 Å². The molecular formula is C9H15NO2. The predicted octanol–water partition coefficient (Wildman–Crippen LogP) is 1.83. The fourth-order valence-corrected chi connectivity index (χ4v) is 0.830. The first-order valence-electron chi connectivity index (χ1n) is 4.03. The second-order valence-corrected chi connectivity index (χ2v) is 2.21. The third-order valence-electron chi connectivity index (χ3n) is 1.31. The van der Waals surface area contributed by atoms with Gasteiger partial charge in [0.2, 0.25) is 0 Å². The lowest BCUT2D eigenvalue weighted by atomic mass is 10.2. The molecule has 12 heavy (non-hydrogen) atoms. The lowest BCUT2D eigenvalue weighted by Gasteiger charge is -2.13. The van der Waals surface area contributed by atoms with E-state index in [9.17, 15) is 4.79 Å². The fraction of sp³-hybridized carbons (Fsp3) is 0.444. The summed E-state index contributed by atoms with van der Waals surface area (Å²) in [7, 11) is 1.80. The molecule has 3 nitrogen and oxygen atoms in total. The molecule has 1 aliphatic heterocycles. The summed E-state index contributed by atoms with van der Waals surface area (Å²) < 4.78 is 0. The van der Waals surface area contributed by atoms with Crippen molar-refractivity contribution in [1.82, 2.24) is 4.90 Å². The molecule has 0 aromatic heterocycles. The molecule has 3 heteroatoms. The predicted molar refractivity (Wildman–Crippen MR) is 48.6 cm³/mol. The van der Waals surface area contributed by atoms with Gasteiger partial charge in [-0.3, -0.25) is 0 Å². The summed E-state index contributed by atoms with van der Waals surface area (Å²) in [4.78, 5) is 12.1. The molecule has 0 amide bonds. The maximum Gasteiger partial charge on any atom is 0.333 e. The summed E-state index contributed by atoms with van der Waals surface area (Å²) in [6.45, 7) is 4.00. The lowest BCUT2D eigenvalue weighted by molar-refractivity contribution is -0.132.